The van der Waals surface area contributed by atoms with Crippen molar-refractivity contribution in [1.29, 1.82) is 0 Å². The van der Waals surface area contributed by atoms with Crippen LogP contribution in [0.25, 0.3) is 0 Å². The van der Waals surface area contributed by atoms with Gasteiger partial charge in [-0.1, -0.05) is 25.1 Å². The first-order chi connectivity index (χ1) is 10.3. The van der Waals surface area contributed by atoms with Crippen LogP contribution in [-0.2, 0) is 6.42 Å². The molecule has 110 valence electrons. The maximum Gasteiger partial charge on any atom is 0.0543 e. The van der Waals surface area contributed by atoms with Crippen LogP contribution in [0.2, 0.25) is 0 Å². The number of hydrazine groups is 1. The summed E-state index contributed by atoms with van der Waals surface area (Å²) in [7, 11) is 0. The highest BCUT2D eigenvalue weighted by Crippen LogP contribution is 2.40. The lowest BCUT2D eigenvalue weighted by molar-refractivity contribution is 0.447. The highest BCUT2D eigenvalue weighted by Gasteiger charge is 2.31. The zero-order valence-electron chi connectivity index (χ0n) is 12.3. The monoisotopic (exact) mass is 299 g/mol. The van der Waals surface area contributed by atoms with Crippen molar-refractivity contribution in [2.75, 3.05) is 5.75 Å². The number of pyridine rings is 1. The normalized spacial score (nSPS) is 18.5. The lowest BCUT2D eigenvalue weighted by Crippen LogP contribution is -2.32. The third-order valence-electron chi connectivity index (χ3n) is 4.13. The number of hydrogen-bond acceptors (Lipinski definition) is 4. The highest BCUT2D eigenvalue weighted by molar-refractivity contribution is 7.99. The van der Waals surface area contributed by atoms with E-state index in [0.717, 1.165) is 18.6 Å². The molecule has 0 aliphatic heterocycles. The predicted octanol–water partition coefficient (Wildman–Crippen LogP) is 3.43. The lowest BCUT2D eigenvalue weighted by Gasteiger charge is -2.23. The summed E-state index contributed by atoms with van der Waals surface area (Å²) < 4.78 is 0. The number of aryl methyl sites for hydroxylation is 1. The fourth-order valence-corrected chi connectivity index (χ4v) is 3.81. The Labute approximate surface area is 130 Å². The van der Waals surface area contributed by atoms with E-state index in [1.807, 2.05) is 24.0 Å². The molecule has 2 aromatic rings. The third kappa shape index (κ3) is 2.98. The summed E-state index contributed by atoms with van der Waals surface area (Å²) in [4.78, 5) is 5.89. The average molecular weight is 299 g/mol. The van der Waals surface area contributed by atoms with Gasteiger partial charge in [-0.15, -0.1) is 11.8 Å². The Kier molecular flexibility index (Phi) is 4.58. The van der Waals surface area contributed by atoms with Gasteiger partial charge in [0.1, 0.15) is 0 Å². The van der Waals surface area contributed by atoms with Gasteiger partial charge < -0.3 is 0 Å². The van der Waals surface area contributed by atoms with Crippen molar-refractivity contribution >= 4 is 11.8 Å². The number of hydrogen-bond donors (Lipinski definition) is 2. The third-order valence-corrected chi connectivity index (χ3v) is 5.03. The molecule has 1 aromatic heterocycles. The zero-order valence-corrected chi connectivity index (χ0v) is 13.1. The minimum Gasteiger partial charge on any atom is -0.271 e. The van der Waals surface area contributed by atoms with Crippen molar-refractivity contribution in [2.45, 2.75) is 36.6 Å². The van der Waals surface area contributed by atoms with Crippen molar-refractivity contribution in [2.24, 2.45) is 5.84 Å². The van der Waals surface area contributed by atoms with E-state index in [-0.39, 0.29) is 6.04 Å². The number of nitrogens with one attached hydrogen (secondary N) is 1. The van der Waals surface area contributed by atoms with Crippen molar-refractivity contribution in [3.05, 3.63) is 59.4 Å². The maximum atomic E-state index is 5.86. The molecule has 0 fully saturated rings. The lowest BCUT2D eigenvalue weighted by atomic mass is 9.91. The van der Waals surface area contributed by atoms with Crippen LogP contribution in [0.15, 0.2) is 47.5 Å². The van der Waals surface area contributed by atoms with Crippen LogP contribution in [-0.4, -0.2) is 10.7 Å². The molecule has 2 atom stereocenters. The van der Waals surface area contributed by atoms with E-state index in [0.29, 0.717) is 5.92 Å². The van der Waals surface area contributed by atoms with Gasteiger partial charge in [-0.3, -0.25) is 16.3 Å². The minimum absolute atomic E-state index is 0.127. The molecule has 3 N–H and O–H groups in total. The Balaban J connectivity index is 1.85. The van der Waals surface area contributed by atoms with Crippen molar-refractivity contribution in [3.8, 4) is 0 Å². The Morgan fingerprint density at radius 3 is 2.86 bits per heavy atom. The van der Waals surface area contributed by atoms with Gasteiger partial charge in [0, 0.05) is 22.7 Å². The van der Waals surface area contributed by atoms with Crippen LogP contribution in [0.5, 0.6) is 0 Å². The molecule has 1 aromatic carbocycles. The summed E-state index contributed by atoms with van der Waals surface area (Å²) in [5.74, 6) is 7.31. The summed E-state index contributed by atoms with van der Waals surface area (Å²) in [6.07, 6.45) is 4.08. The van der Waals surface area contributed by atoms with Crippen LogP contribution in [0.1, 0.15) is 42.1 Å². The number of nitrogens with zero attached hydrogens (tertiary/aromatic N) is 1. The molecule has 1 aliphatic rings. The molecular formula is C17H21N3S. The Bertz CT molecular complexity index is 597. The molecule has 0 saturated heterocycles. The molecule has 0 amide bonds. The molecule has 0 bridgehead atoms. The predicted molar refractivity (Wildman–Crippen MR) is 88.2 cm³/mol. The quantitative estimate of drug-likeness (QED) is 0.504. The molecule has 4 heteroatoms. The van der Waals surface area contributed by atoms with E-state index in [2.05, 4.69) is 47.7 Å². The first-order valence-electron chi connectivity index (χ1n) is 7.46. The summed E-state index contributed by atoms with van der Waals surface area (Å²) >= 11 is 1.86. The van der Waals surface area contributed by atoms with E-state index >= 15 is 0 Å². The number of aromatic nitrogens is 1. The summed E-state index contributed by atoms with van der Waals surface area (Å²) in [5.41, 5.74) is 6.81. The largest absolute Gasteiger partial charge is 0.271 e. The highest BCUT2D eigenvalue weighted by atomic mass is 32.2. The average Bonchev–Trinajstić information content (AvgIpc) is 2.94. The van der Waals surface area contributed by atoms with Crippen LogP contribution in [0.4, 0.5) is 0 Å². The van der Waals surface area contributed by atoms with Gasteiger partial charge in [0.05, 0.1) is 6.04 Å². The maximum absolute atomic E-state index is 5.86. The van der Waals surface area contributed by atoms with E-state index in [1.165, 1.54) is 21.7 Å². The van der Waals surface area contributed by atoms with E-state index in [9.17, 15) is 0 Å². The van der Waals surface area contributed by atoms with Crippen LogP contribution >= 0.6 is 11.8 Å². The van der Waals surface area contributed by atoms with Gasteiger partial charge in [-0.2, -0.15) is 0 Å². The minimum atomic E-state index is 0.127. The fraction of sp³-hybridized carbons (Fsp3) is 0.353. The first kappa shape index (κ1) is 14.6. The second-order valence-corrected chi connectivity index (χ2v) is 6.68. The van der Waals surface area contributed by atoms with Crippen molar-refractivity contribution in [3.63, 3.8) is 0 Å². The number of fused-ring (bicyclic) bond motifs is 1. The second kappa shape index (κ2) is 6.60. The van der Waals surface area contributed by atoms with Gasteiger partial charge in [0.25, 0.3) is 0 Å². The van der Waals surface area contributed by atoms with Gasteiger partial charge in [-0.05, 0) is 47.9 Å². The summed E-state index contributed by atoms with van der Waals surface area (Å²) in [5, 5.41) is 0. The molecule has 2 unspecified atom stereocenters. The standard InChI is InChI=1S/C17H21N3S/c1-2-21-14-8-5-13(6-9-14)17(20-18)15-10-7-12-4-3-11-19-16(12)15/h3-6,8-9,11,15,17,20H,2,7,10,18H2,1H3. The fourth-order valence-electron chi connectivity index (χ4n) is 3.15. The summed E-state index contributed by atoms with van der Waals surface area (Å²) in [6, 6.07) is 13.1. The molecular weight excluding hydrogens is 278 g/mol. The first-order valence-corrected chi connectivity index (χ1v) is 8.44. The number of rotatable bonds is 5. The Morgan fingerprint density at radius 1 is 1.33 bits per heavy atom. The van der Waals surface area contributed by atoms with Gasteiger partial charge in [0.2, 0.25) is 0 Å². The Hall–Kier alpha value is -1.36. The molecule has 21 heavy (non-hydrogen) atoms. The summed E-state index contributed by atoms with van der Waals surface area (Å²) in [6.45, 7) is 2.17. The van der Waals surface area contributed by atoms with E-state index in [1.54, 1.807) is 0 Å². The molecule has 1 heterocycles. The number of thioether (sulfide) groups is 1. The molecule has 0 spiro atoms. The number of nitrogens with two attached hydrogens (primary N) is 1. The number of benzene rings is 1. The smallest absolute Gasteiger partial charge is 0.0543 e. The van der Waals surface area contributed by atoms with E-state index < -0.39 is 0 Å². The van der Waals surface area contributed by atoms with Crippen molar-refractivity contribution < 1.29 is 0 Å². The molecule has 1 aliphatic carbocycles. The van der Waals surface area contributed by atoms with Crippen molar-refractivity contribution in [1.82, 2.24) is 10.4 Å². The molecule has 3 rings (SSSR count). The molecule has 0 saturated carbocycles. The van der Waals surface area contributed by atoms with Crippen LogP contribution in [0, 0.1) is 0 Å². The second-order valence-electron chi connectivity index (χ2n) is 5.34. The Morgan fingerprint density at radius 2 is 2.14 bits per heavy atom. The van der Waals surface area contributed by atoms with Gasteiger partial charge in [-0.25, -0.2) is 0 Å². The van der Waals surface area contributed by atoms with Gasteiger partial charge >= 0.3 is 0 Å². The van der Waals surface area contributed by atoms with Crippen LogP contribution in [0.3, 0.4) is 0 Å². The molecule has 0 radical (unpaired) electrons. The van der Waals surface area contributed by atoms with E-state index in [4.69, 9.17) is 5.84 Å². The molecule has 3 nitrogen and oxygen atoms in total. The SMILES string of the molecule is CCSc1ccc(C(NN)C2CCc3cccnc32)cc1. The zero-order chi connectivity index (χ0) is 14.7. The van der Waals surface area contributed by atoms with Gasteiger partial charge in [0.15, 0.2) is 0 Å². The topological polar surface area (TPSA) is 50.9 Å². The van der Waals surface area contributed by atoms with Crippen LogP contribution < -0.4 is 11.3 Å².